The van der Waals surface area contributed by atoms with Gasteiger partial charge in [-0.3, -0.25) is 0 Å². The van der Waals surface area contributed by atoms with E-state index >= 15 is 0 Å². The first kappa shape index (κ1) is 9.22. The standard InChI is InChI=1S/C8H10O3S/c1-2-6-3-4-7(9)8(5-6)12(10)11/h3-5,9H,2H2,1H3,(H,10,11). The molecule has 3 nitrogen and oxygen atoms in total. The van der Waals surface area contributed by atoms with Gasteiger partial charge >= 0.3 is 0 Å². The molecule has 0 spiro atoms. The first-order chi connectivity index (χ1) is 5.65. The van der Waals surface area contributed by atoms with Crippen LogP contribution in [0.2, 0.25) is 0 Å². The molecule has 4 heteroatoms. The molecule has 0 radical (unpaired) electrons. The van der Waals surface area contributed by atoms with Crippen molar-refractivity contribution in [3.63, 3.8) is 0 Å². The number of phenols is 1. The number of hydrogen-bond donors (Lipinski definition) is 2. The Morgan fingerprint density at radius 1 is 1.50 bits per heavy atom. The molecule has 0 fully saturated rings. The predicted molar refractivity (Wildman–Crippen MR) is 46.5 cm³/mol. The maximum Gasteiger partial charge on any atom is 0.190 e. The summed E-state index contributed by atoms with van der Waals surface area (Å²) in [6, 6.07) is 4.69. The van der Waals surface area contributed by atoms with Crippen LogP contribution in [0.25, 0.3) is 0 Å². The van der Waals surface area contributed by atoms with Gasteiger partial charge in [0.15, 0.2) is 11.1 Å². The lowest BCUT2D eigenvalue weighted by Gasteiger charge is -2.01. The second-order valence-electron chi connectivity index (χ2n) is 2.40. The normalized spacial score (nSPS) is 12.8. The van der Waals surface area contributed by atoms with Gasteiger partial charge in [0, 0.05) is 0 Å². The lowest BCUT2D eigenvalue weighted by molar-refractivity contribution is 0.456. The van der Waals surface area contributed by atoms with E-state index in [0.29, 0.717) is 0 Å². The van der Waals surface area contributed by atoms with Crippen molar-refractivity contribution in [2.75, 3.05) is 0 Å². The van der Waals surface area contributed by atoms with E-state index in [4.69, 9.17) is 9.66 Å². The third-order valence-electron chi connectivity index (χ3n) is 1.62. The Bertz CT molecular complexity index is 309. The summed E-state index contributed by atoms with van der Waals surface area (Å²) in [5.41, 5.74) is 0.935. The molecule has 0 saturated carbocycles. The van der Waals surface area contributed by atoms with E-state index < -0.39 is 11.1 Å². The first-order valence-electron chi connectivity index (χ1n) is 3.58. The van der Waals surface area contributed by atoms with Crippen LogP contribution >= 0.6 is 0 Å². The minimum atomic E-state index is -2.10. The van der Waals surface area contributed by atoms with Gasteiger partial charge in [-0.2, -0.15) is 0 Å². The molecule has 0 saturated heterocycles. The van der Waals surface area contributed by atoms with Crippen molar-refractivity contribution >= 4 is 11.1 Å². The second-order valence-corrected chi connectivity index (χ2v) is 3.34. The van der Waals surface area contributed by atoms with Gasteiger partial charge in [0.1, 0.15) is 10.6 Å². The highest BCUT2D eigenvalue weighted by Gasteiger charge is 2.06. The van der Waals surface area contributed by atoms with Gasteiger partial charge in [0.25, 0.3) is 0 Å². The summed E-state index contributed by atoms with van der Waals surface area (Å²) < 4.78 is 19.4. The molecule has 0 aliphatic heterocycles. The summed E-state index contributed by atoms with van der Waals surface area (Å²) >= 11 is -2.10. The zero-order valence-electron chi connectivity index (χ0n) is 6.65. The van der Waals surface area contributed by atoms with Crippen LogP contribution in [-0.4, -0.2) is 13.9 Å². The number of rotatable bonds is 2. The molecule has 2 N–H and O–H groups in total. The SMILES string of the molecule is CCc1ccc(O)c(S(=O)O)c1. The largest absolute Gasteiger partial charge is 0.507 e. The zero-order chi connectivity index (χ0) is 9.14. The van der Waals surface area contributed by atoms with E-state index in [1.54, 1.807) is 6.07 Å². The van der Waals surface area contributed by atoms with Crippen molar-refractivity contribution in [2.24, 2.45) is 0 Å². The molecule has 0 bridgehead atoms. The fraction of sp³-hybridized carbons (Fsp3) is 0.250. The Kier molecular flexibility index (Phi) is 2.83. The minimum Gasteiger partial charge on any atom is -0.507 e. The van der Waals surface area contributed by atoms with Crippen LogP contribution in [0.3, 0.4) is 0 Å². The van der Waals surface area contributed by atoms with Gasteiger partial charge in [-0.15, -0.1) is 0 Å². The summed E-state index contributed by atoms with van der Waals surface area (Å²) in [7, 11) is 0. The van der Waals surface area contributed by atoms with Crippen molar-refractivity contribution in [1.29, 1.82) is 0 Å². The number of aryl methyl sites for hydroxylation is 1. The average molecular weight is 186 g/mol. The van der Waals surface area contributed by atoms with Crippen LogP contribution in [0.1, 0.15) is 12.5 Å². The smallest absolute Gasteiger partial charge is 0.190 e. The third-order valence-corrected chi connectivity index (χ3v) is 2.32. The molecule has 66 valence electrons. The summed E-state index contributed by atoms with van der Waals surface area (Å²) in [5.74, 6) is -0.131. The molecule has 1 aromatic carbocycles. The Morgan fingerprint density at radius 3 is 2.67 bits per heavy atom. The fourth-order valence-electron chi connectivity index (χ4n) is 0.918. The molecular formula is C8H10O3S. The Hall–Kier alpha value is -0.870. The van der Waals surface area contributed by atoms with Crippen LogP contribution in [0.5, 0.6) is 5.75 Å². The van der Waals surface area contributed by atoms with E-state index in [-0.39, 0.29) is 10.6 Å². The van der Waals surface area contributed by atoms with Gasteiger partial charge in [-0.05, 0) is 24.1 Å². The van der Waals surface area contributed by atoms with E-state index in [1.165, 1.54) is 12.1 Å². The van der Waals surface area contributed by atoms with E-state index in [2.05, 4.69) is 0 Å². The summed E-state index contributed by atoms with van der Waals surface area (Å²) in [4.78, 5) is 0.0781. The van der Waals surface area contributed by atoms with E-state index in [0.717, 1.165) is 12.0 Å². The summed E-state index contributed by atoms with van der Waals surface area (Å²) in [6.07, 6.45) is 0.782. The second kappa shape index (κ2) is 3.69. The van der Waals surface area contributed by atoms with Crippen LogP contribution in [0.4, 0.5) is 0 Å². The minimum absolute atomic E-state index is 0.0781. The lowest BCUT2D eigenvalue weighted by atomic mass is 10.2. The molecule has 1 unspecified atom stereocenters. The Balaban J connectivity index is 3.17. The van der Waals surface area contributed by atoms with Crippen molar-refractivity contribution in [1.82, 2.24) is 0 Å². The number of phenolic OH excluding ortho intramolecular Hbond substituents is 1. The molecular weight excluding hydrogens is 176 g/mol. The van der Waals surface area contributed by atoms with Gasteiger partial charge < -0.3 is 9.66 Å². The number of aromatic hydroxyl groups is 1. The van der Waals surface area contributed by atoms with Gasteiger partial charge in [-0.25, -0.2) is 4.21 Å². The van der Waals surface area contributed by atoms with Gasteiger partial charge in [0.2, 0.25) is 0 Å². The number of hydrogen-bond acceptors (Lipinski definition) is 2. The predicted octanol–water partition coefficient (Wildman–Crippen LogP) is 1.54. The molecule has 0 aromatic heterocycles. The maximum absolute atomic E-state index is 10.6. The fourth-order valence-corrected chi connectivity index (χ4v) is 1.42. The molecule has 1 atom stereocenters. The number of benzene rings is 1. The molecule has 0 aliphatic carbocycles. The van der Waals surface area contributed by atoms with Gasteiger partial charge in [-0.1, -0.05) is 13.0 Å². The summed E-state index contributed by atoms with van der Waals surface area (Å²) in [5, 5.41) is 9.15. The highest BCUT2D eigenvalue weighted by molar-refractivity contribution is 7.79. The average Bonchev–Trinajstić information content (AvgIpc) is 2.05. The topological polar surface area (TPSA) is 57.5 Å². The molecule has 0 aliphatic rings. The Morgan fingerprint density at radius 2 is 2.17 bits per heavy atom. The molecule has 0 amide bonds. The van der Waals surface area contributed by atoms with Crippen LogP contribution in [0, 0.1) is 0 Å². The van der Waals surface area contributed by atoms with Crippen molar-refractivity contribution < 1.29 is 13.9 Å². The van der Waals surface area contributed by atoms with Crippen LogP contribution in [0.15, 0.2) is 23.1 Å². The first-order valence-corrected chi connectivity index (χ1v) is 4.68. The summed E-state index contributed by atoms with van der Waals surface area (Å²) in [6.45, 7) is 1.94. The van der Waals surface area contributed by atoms with Crippen LogP contribution < -0.4 is 0 Å². The molecule has 12 heavy (non-hydrogen) atoms. The molecule has 1 rings (SSSR count). The van der Waals surface area contributed by atoms with E-state index in [9.17, 15) is 4.21 Å². The quantitative estimate of drug-likeness (QED) is 0.689. The van der Waals surface area contributed by atoms with Crippen LogP contribution in [-0.2, 0) is 17.5 Å². The molecule has 1 aromatic rings. The molecule has 0 heterocycles. The van der Waals surface area contributed by atoms with Crippen molar-refractivity contribution in [3.8, 4) is 5.75 Å². The third kappa shape index (κ3) is 1.84. The van der Waals surface area contributed by atoms with Crippen molar-refractivity contribution in [3.05, 3.63) is 23.8 Å². The monoisotopic (exact) mass is 186 g/mol. The zero-order valence-corrected chi connectivity index (χ0v) is 7.47. The highest BCUT2D eigenvalue weighted by Crippen LogP contribution is 2.21. The Labute approximate surface area is 73.3 Å². The highest BCUT2D eigenvalue weighted by atomic mass is 32.2. The lowest BCUT2D eigenvalue weighted by Crippen LogP contribution is -1.91. The maximum atomic E-state index is 10.6. The van der Waals surface area contributed by atoms with E-state index in [1.807, 2.05) is 6.92 Å². The van der Waals surface area contributed by atoms with Gasteiger partial charge in [0.05, 0.1) is 0 Å². The van der Waals surface area contributed by atoms with Crippen molar-refractivity contribution in [2.45, 2.75) is 18.2 Å².